The molecule has 0 aromatic carbocycles. The minimum atomic E-state index is -0.204. The first-order valence-corrected chi connectivity index (χ1v) is 6.60. The highest BCUT2D eigenvalue weighted by molar-refractivity contribution is 5.90. The molecule has 2 rings (SSSR count). The highest BCUT2D eigenvalue weighted by Crippen LogP contribution is 2.18. The Hall–Kier alpha value is -1.43. The van der Waals surface area contributed by atoms with Crippen LogP contribution in [0, 0.1) is 0 Å². The van der Waals surface area contributed by atoms with Gasteiger partial charge >= 0.3 is 0 Å². The molecule has 1 aliphatic carbocycles. The van der Waals surface area contributed by atoms with Gasteiger partial charge in [0.05, 0.1) is 0 Å². The molecule has 6 nitrogen and oxygen atoms in total. The molecule has 1 heterocycles. The van der Waals surface area contributed by atoms with E-state index in [0.29, 0.717) is 6.54 Å². The maximum Gasteiger partial charge on any atom is 0.290 e. The fourth-order valence-electron chi connectivity index (χ4n) is 1.60. The number of hydrogen-bond donors (Lipinski definition) is 3. The zero-order valence-corrected chi connectivity index (χ0v) is 11.0. The van der Waals surface area contributed by atoms with Crippen molar-refractivity contribution in [2.75, 3.05) is 13.1 Å². The van der Waals surface area contributed by atoms with Crippen LogP contribution in [0.15, 0.2) is 0 Å². The molecular weight excluding hydrogens is 230 g/mol. The van der Waals surface area contributed by atoms with Crippen molar-refractivity contribution >= 4 is 5.91 Å². The van der Waals surface area contributed by atoms with Crippen molar-refractivity contribution in [1.29, 1.82) is 0 Å². The fourth-order valence-corrected chi connectivity index (χ4v) is 1.60. The van der Waals surface area contributed by atoms with Crippen LogP contribution in [-0.2, 0) is 0 Å². The standard InChI is InChI=1S/C12H21N5O/c1-8(2)10-15-11(17-16-10)12(18)14-7-3-6-13-9-4-5-9/h8-9,13H,3-7H2,1-2H3,(H,14,18)(H,15,16,17). The summed E-state index contributed by atoms with van der Waals surface area (Å²) in [5, 5.41) is 12.9. The summed E-state index contributed by atoms with van der Waals surface area (Å²) < 4.78 is 0. The van der Waals surface area contributed by atoms with Crippen molar-refractivity contribution in [3.63, 3.8) is 0 Å². The summed E-state index contributed by atoms with van der Waals surface area (Å²) in [6, 6.07) is 0.724. The molecule has 1 aromatic heterocycles. The van der Waals surface area contributed by atoms with Gasteiger partial charge in [-0.3, -0.25) is 9.89 Å². The maximum absolute atomic E-state index is 11.7. The first-order valence-electron chi connectivity index (χ1n) is 6.60. The third-order valence-corrected chi connectivity index (χ3v) is 2.90. The Bertz CT molecular complexity index is 397. The lowest BCUT2D eigenvalue weighted by atomic mass is 10.2. The van der Waals surface area contributed by atoms with Crippen LogP contribution in [0.2, 0.25) is 0 Å². The van der Waals surface area contributed by atoms with Gasteiger partial charge in [0.25, 0.3) is 5.91 Å². The molecule has 1 saturated carbocycles. The average Bonchev–Trinajstić information content (AvgIpc) is 3.02. The smallest absolute Gasteiger partial charge is 0.290 e. The van der Waals surface area contributed by atoms with Crippen LogP contribution in [-0.4, -0.2) is 40.2 Å². The van der Waals surface area contributed by atoms with Crippen LogP contribution < -0.4 is 10.6 Å². The first-order chi connectivity index (χ1) is 8.66. The Morgan fingerprint density at radius 3 is 2.83 bits per heavy atom. The Morgan fingerprint density at radius 1 is 1.44 bits per heavy atom. The highest BCUT2D eigenvalue weighted by Gasteiger charge is 2.19. The number of carbonyl (C=O) groups is 1. The quantitative estimate of drug-likeness (QED) is 0.626. The minimum absolute atomic E-state index is 0.204. The summed E-state index contributed by atoms with van der Waals surface area (Å²) in [5.41, 5.74) is 0. The van der Waals surface area contributed by atoms with Gasteiger partial charge in [0.15, 0.2) is 0 Å². The molecular formula is C12H21N5O. The summed E-state index contributed by atoms with van der Waals surface area (Å²) in [4.78, 5) is 15.9. The molecule has 0 spiro atoms. The molecule has 1 amide bonds. The van der Waals surface area contributed by atoms with Crippen molar-refractivity contribution in [1.82, 2.24) is 25.8 Å². The molecule has 3 N–H and O–H groups in total. The Labute approximate surface area is 107 Å². The molecule has 1 fully saturated rings. The van der Waals surface area contributed by atoms with E-state index in [9.17, 15) is 4.79 Å². The zero-order chi connectivity index (χ0) is 13.0. The van der Waals surface area contributed by atoms with E-state index in [1.54, 1.807) is 0 Å². The van der Waals surface area contributed by atoms with E-state index in [2.05, 4.69) is 25.8 Å². The number of aromatic nitrogens is 3. The summed E-state index contributed by atoms with van der Waals surface area (Å²) in [7, 11) is 0. The van der Waals surface area contributed by atoms with Gasteiger partial charge < -0.3 is 10.6 Å². The van der Waals surface area contributed by atoms with E-state index in [1.807, 2.05) is 13.8 Å². The largest absolute Gasteiger partial charge is 0.349 e. The van der Waals surface area contributed by atoms with E-state index in [4.69, 9.17) is 0 Å². The first kappa shape index (κ1) is 13.0. The highest BCUT2D eigenvalue weighted by atomic mass is 16.2. The van der Waals surface area contributed by atoms with E-state index in [0.717, 1.165) is 24.8 Å². The fraction of sp³-hybridized carbons (Fsp3) is 0.750. The van der Waals surface area contributed by atoms with Crippen LogP contribution in [0.3, 0.4) is 0 Å². The molecule has 18 heavy (non-hydrogen) atoms. The maximum atomic E-state index is 11.7. The van der Waals surface area contributed by atoms with Crippen molar-refractivity contribution in [3.05, 3.63) is 11.6 Å². The number of aromatic amines is 1. The normalized spacial score (nSPS) is 15.1. The number of H-pyrrole nitrogens is 1. The van der Waals surface area contributed by atoms with E-state index in [1.165, 1.54) is 12.8 Å². The zero-order valence-electron chi connectivity index (χ0n) is 11.0. The Morgan fingerprint density at radius 2 is 2.22 bits per heavy atom. The van der Waals surface area contributed by atoms with Gasteiger partial charge in [-0.05, 0) is 25.8 Å². The third-order valence-electron chi connectivity index (χ3n) is 2.90. The van der Waals surface area contributed by atoms with Crippen LogP contribution in [0.25, 0.3) is 0 Å². The lowest BCUT2D eigenvalue weighted by Crippen LogP contribution is -2.28. The average molecular weight is 251 g/mol. The predicted molar refractivity (Wildman–Crippen MR) is 68.4 cm³/mol. The molecule has 6 heteroatoms. The number of amides is 1. The SMILES string of the molecule is CC(C)c1nc(C(=O)NCCCNC2CC2)n[nH]1. The van der Waals surface area contributed by atoms with E-state index < -0.39 is 0 Å². The number of rotatable bonds is 7. The number of hydrogen-bond acceptors (Lipinski definition) is 4. The topological polar surface area (TPSA) is 82.7 Å². The second-order valence-electron chi connectivity index (χ2n) is 5.04. The van der Waals surface area contributed by atoms with E-state index >= 15 is 0 Å². The van der Waals surface area contributed by atoms with Gasteiger partial charge in [-0.25, -0.2) is 4.98 Å². The summed E-state index contributed by atoms with van der Waals surface area (Å²) in [6.45, 7) is 5.62. The number of nitrogens with zero attached hydrogens (tertiary/aromatic N) is 2. The molecule has 0 radical (unpaired) electrons. The van der Waals surface area contributed by atoms with Crippen molar-refractivity contribution < 1.29 is 4.79 Å². The van der Waals surface area contributed by atoms with Crippen LogP contribution in [0.4, 0.5) is 0 Å². The van der Waals surface area contributed by atoms with Gasteiger partial charge in [0.2, 0.25) is 5.82 Å². The van der Waals surface area contributed by atoms with Gasteiger partial charge in [-0.2, -0.15) is 0 Å². The summed E-state index contributed by atoms with van der Waals surface area (Å²) >= 11 is 0. The van der Waals surface area contributed by atoms with Gasteiger partial charge in [-0.15, -0.1) is 5.10 Å². The van der Waals surface area contributed by atoms with Crippen LogP contribution >= 0.6 is 0 Å². The van der Waals surface area contributed by atoms with Gasteiger partial charge in [0.1, 0.15) is 5.82 Å². The van der Waals surface area contributed by atoms with Crippen molar-refractivity contribution in [2.24, 2.45) is 0 Å². The minimum Gasteiger partial charge on any atom is -0.349 e. The predicted octanol–water partition coefficient (Wildman–Crippen LogP) is 0.800. The molecule has 0 atom stereocenters. The third kappa shape index (κ3) is 3.80. The summed E-state index contributed by atoms with van der Waals surface area (Å²) in [6.07, 6.45) is 3.52. The molecule has 0 unspecified atom stereocenters. The molecule has 1 aliphatic rings. The van der Waals surface area contributed by atoms with Gasteiger partial charge in [-0.1, -0.05) is 13.8 Å². The summed E-state index contributed by atoms with van der Waals surface area (Å²) in [5.74, 6) is 1.02. The molecule has 100 valence electrons. The van der Waals surface area contributed by atoms with E-state index in [-0.39, 0.29) is 17.6 Å². The monoisotopic (exact) mass is 251 g/mol. The number of carbonyl (C=O) groups excluding carboxylic acids is 1. The lowest BCUT2D eigenvalue weighted by Gasteiger charge is -2.03. The van der Waals surface area contributed by atoms with Gasteiger partial charge in [0, 0.05) is 18.5 Å². The molecule has 0 bridgehead atoms. The van der Waals surface area contributed by atoms with Crippen LogP contribution in [0.5, 0.6) is 0 Å². The molecule has 0 saturated heterocycles. The second-order valence-corrected chi connectivity index (χ2v) is 5.04. The lowest BCUT2D eigenvalue weighted by molar-refractivity contribution is 0.0943. The Kier molecular flexibility index (Phi) is 4.30. The molecule has 0 aliphatic heterocycles. The van der Waals surface area contributed by atoms with Crippen molar-refractivity contribution in [2.45, 2.75) is 45.1 Å². The second kappa shape index (κ2) is 5.95. The van der Waals surface area contributed by atoms with Crippen LogP contribution in [0.1, 0.15) is 55.5 Å². The Balaban J connectivity index is 1.66. The molecule has 1 aromatic rings. The number of nitrogens with one attached hydrogen (secondary N) is 3. The van der Waals surface area contributed by atoms with Crippen molar-refractivity contribution in [3.8, 4) is 0 Å².